The van der Waals surface area contributed by atoms with Crippen molar-refractivity contribution in [2.45, 2.75) is 25.7 Å². The summed E-state index contributed by atoms with van der Waals surface area (Å²) in [5.41, 5.74) is 2.74. The molecule has 1 aliphatic rings. The molecule has 92 valence electrons. The van der Waals surface area contributed by atoms with E-state index in [-0.39, 0.29) is 5.91 Å². The molecule has 0 radical (unpaired) electrons. The molecule has 3 N–H and O–H groups in total. The van der Waals surface area contributed by atoms with Gasteiger partial charge in [-0.3, -0.25) is 9.78 Å². The van der Waals surface area contributed by atoms with Crippen LogP contribution in [0.2, 0.25) is 0 Å². The maximum Gasteiger partial charge on any atom is 0.274 e. The van der Waals surface area contributed by atoms with Gasteiger partial charge < -0.3 is 10.3 Å². The van der Waals surface area contributed by atoms with Gasteiger partial charge >= 0.3 is 0 Å². The van der Waals surface area contributed by atoms with Crippen LogP contribution in [0.4, 0.5) is 5.82 Å². The molecule has 1 amide bonds. The lowest BCUT2D eigenvalue weighted by Crippen LogP contribution is -2.32. The van der Waals surface area contributed by atoms with E-state index in [1.165, 1.54) is 25.2 Å². The molecular formula is C11H17N5O. The van der Waals surface area contributed by atoms with Gasteiger partial charge in [0, 0.05) is 13.1 Å². The normalized spacial score (nSPS) is 16.4. The smallest absolute Gasteiger partial charge is 0.274 e. The fraction of sp³-hybridized carbons (Fsp3) is 0.545. The Bertz CT molecular complexity index is 387. The second-order valence-corrected chi connectivity index (χ2v) is 4.14. The second kappa shape index (κ2) is 5.58. The Labute approximate surface area is 100 Å². The Balaban J connectivity index is 2.11. The number of nitrogens with one attached hydrogen (secondary N) is 1. The van der Waals surface area contributed by atoms with Crippen LogP contribution in [0.25, 0.3) is 0 Å². The summed E-state index contributed by atoms with van der Waals surface area (Å²) in [4.78, 5) is 22.1. The maximum absolute atomic E-state index is 12.2. The van der Waals surface area contributed by atoms with Crippen LogP contribution in [0.15, 0.2) is 12.4 Å². The average molecular weight is 235 g/mol. The van der Waals surface area contributed by atoms with E-state index in [0.29, 0.717) is 11.5 Å². The van der Waals surface area contributed by atoms with Gasteiger partial charge in [-0.05, 0) is 12.8 Å². The zero-order valence-corrected chi connectivity index (χ0v) is 9.72. The van der Waals surface area contributed by atoms with Gasteiger partial charge in [0.05, 0.1) is 12.4 Å². The van der Waals surface area contributed by atoms with Gasteiger partial charge in [-0.15, -0.1) is 0 Å². The summed E-state index contributed by atoms with van der Waals surface area (Å²) in [5.74, 6) is 5.59. The first-order valence-corrected chi connectivity index (χ1v) is 5.89. The van der Waals surface area contributed by atoms with Crippen molar-refractivity contribution in [3.63, 3.8) is 0 Å². The van der Waals surface area contributed by atoms with Crippen molar-refractivity contribution in [3.05, 3.63) is 18.1 Å². The number of rotatable bonds is 2. The van der Waals surface area contributed by atoms with Crippen LogP contribution in [-0.2, 0) is 0 Å². The van der Waals surface area contributed by atoms with Gasteiger partial charge in [0.1, 0.15) is 5.69 Å². The van der Waals surface area contributed by atoms with E-state index in [9.17, 15) is 4.79 Å². The maximum atomic E-state index is 12.2. The highest BCUT2D eigenvalue weighted by Gasteiger charge is 2.18. The first kappa shape index (κ1) is 11.8. The third kappa shape index (κ3) is 2.91. The van der Waals surface area contributed by atoms with Crippen molar-refractivity contribution >= 4 is 11.7 Å². The predicted octanol–water partition coefficient (Wildman–Crippen LogP) is 0.778. The lowest BCUT2D eigenvalue weighted by atomic mass is 10.2. The minimum absolute atomic E-state index is 0.0588. The van der Waals surface area contributed by atoms with Crippen LogP contribution in [0.5, 0.6) is 0 Å². The number of carbonyl (C=O) groups excluding carboxylic acids is 1. The van der Waals surface area contributed by atoms with Gasteiger partial charge in [0.25, 0.3) is 5.91 Å². The minimum atomic E-state index is -0.0588. The monoisotopic (exact) mass is 235 g/mol. The quantitative estimate of drug-likeness (QED) is 0.584. The molecule has 0 bridgehead atoms. The Hall–Kier alpha value is -1.69. The van der Waals surface area contributed by atoms with Crippen molar-refractivity contribution in [1.82, 2.24) is 14.9 Å². The number of likely N-dealkylation sites (tertiary alicyclic amines) is 1. The van der Waals surface area contributed by atoms with Crippen LogP contribution < -0.4 is 11.3 Å². The summed E-state index contributed by atoms with van der Waals surface area (Å²) < 4.78 is 0. The number of hydrogen-bond donors (Lipinski definition) is 2. The summed E-state index contributed by atoms with van der Waals surface area (Å²) in [6.45, 7) is 1.61. The standard InChI is InChI=1S/C11H17N5O/c12-15-10-8-13-7-9(14-10)11(17)16-5-3-1-2-4-6-16/h7-8H,1-6,12H2,(H,14,15). The third-order valence-corrected chi connectivity index (χ3v) is 2.89. The molecule has 0 aromatic carbocycles. The summed E-state index contributed by atoms with van der Waals surface area (Å²) in [7, 11) is 0. The highest BCUT2D eigenvalue weighted by atomic mass is 16.2. The molecule has 0 spiro atoms. The van der Waals surface area contributed by atoms with Gasteiger partial charge in [-0.1, -0.05) is 12.8 Å². The highest BCUT2D eigenvalue weighted by Crippen LogP contribution is 2.12. The molecular weight excluding hydrogens is 218 g/mol. The van der Waals surface area contributed by atoms with Gasteiger partial charge in [-0.2, -0.15) is 0 Å². The van der Waals surface area contributed by atoms with Crippen molar-refractivity contribution in [1.29, 1.82) is 0 Å². The first-order chi connectivity index (χ1) is 8.31. The molecule has 1 fully saturated rings. The molecule has 17 heavy (non-hydrogen) atoms. The number of aromatic nitrogens is 2. The molecule has 0 unspecified atom stereocenters. The van der Waals surface area contributed by atoms with E-state index < -0.39 is 0 Å². The summed E-state index contributed by atoms with van der Waals surface area (Å²) >= 11 is 0. The zero-order chi connectivity index (χ0) is 12.1. The molecule has 1 saturated heterocycles. The highest BCUT2D eigenvalue weighted by molar-refractivity contribution is 5.92. The number of hydrazine groups is 1. The molecule has 2 heterocycles. The lowest BCUT2D eigenvalue weighted by molar-refractivity contribution is 0.0755. The van der Waals surface area contributed by atoms with E-state index in [4.69, 9.17) is 5.84 Å². The van der Waals surface area contributed by atoms with Gasteiger partial charge in [0.15, 0.2) is 5.82 Å². The Kier molecular flexibility index (Phi) is 3.87. The molecule has 0 aliphatic carbocycles. The lowest BCUT2D eigenvalue weighted by Gasteiger charge is -2.19. The molecule has 1 aromatic rings. The molecule has 2 rings (SSSR count). The van der Waals surface area contributed by atoms with Gasteiger partial charge in [-0.25, -0.2) is 10.8 Å². The number of anilines is 1. The minimum Gasteiger partial charge on any atom is -0.337 e. The van der Waals surface area contributed by atoms with Crippen LogP contribution in [0, 0.1) is 0 Å². The zero-order valence-electron chi connectivity index (χ0n) is 9.72. The largest absolute Gasteiger partial charge is 0.337 e. The van der Waals surface area contributed by atoms with Crippen molar-refractivity contribution in [2.24, 2.45) is 5.84 Å². The Morgan fingerprint density at radius 3 is 2.59 bits per heavy atom. The first-order valence-electron chi connectivity index (χ1n) is 5.89. The molecule has 1 aromatic heterocycles. The number of nitrogens with two attached hydrogens (primary N) is 1. The Morgan fingerprint density at radius 2 is 1.94 bits per heavy atom. The summed E-state index contributed by atoms with van der Waals surface area (Å²) in [6, 6.07) is 0. The summed E-state index contributed by atoms with van der Waals surface area (Å²) in [6.07, 6.45) is 7.48. The van der Waals surface area contributed by atoms with E-state index in [1.54, 1.807) is 0 Å². The summed E-state index contributed by atoms with van der Waals surface area (Å²) in [5, 5.41) is 0. The fourth-order valence-electron chi connectivity index (χ4n) is 1.97. The number of hydrogen-bond acceptors (Lipinski definition) is 5. The molecule has 1 aliphatic heterocycles. The molecule has 0 saturated carbocycles. The van der Waals surface area contributed by atoms with Crippen LogP contribution in [0.3, 0.4) is 0 Å². The number of amides is 1. The van der Waals surface area contributed by atoms with Gasteiger partial charge in [0.2, 0.25) is 0 Å². The fourth-order valence-corrected chi connectivity index (χ4v) is 1.97. The second-order valence-electron chi connectivity index (χ2n) is 4.14. The molecule has 6 heteroatoms. The van der Waals surface area contributed by atoms with Crippen molar-refractivity contribution in [2.75, 3.05) is 18.5 Å². The van der Waals surface area contributed by atoms with Crippen LogP contribution in [-0.4, -0.2) is 33.9 Å². The number of nitrogen functional groups attached to an aromatic ring is 1. The van der Waals surface area contributed by atoms with Crippen LogP contribution in [0.1, 0.15) is 36.2 Å². The van der Waals surface area contributed by atoms with Crippen LogP contribution >= 0.6 is 0 Å². The Morgan fingerprint density at radius 1 is 1.24 bits per heavy atom. The predicted molar refractivity (Wildman–Crippen MR) is 64.2 cm³/mol. The molecule has 0 atom stereocenters. The number of carbonyl (C=O) groups is 1. The van der Waals surface area contributed by atoms with E-state index in [0.717, 1.165) is 25.9 Å². The van der Waals surface area contributed by atoms with Crippen molar-refractivity contribution in [3.8, 4) is 0 Å². The van der Waals surface area contributed by atoms with E-state index >= 15 is 0 Å². The third-order valence-electron chi connectivity index (χ3n) is 2.89. The number of nitrogens with zero attached hydrogens (tertiary/aromatic N) is 3. The average Bonchev–Trinajstić information content (AvgIpc) is 2.67. The van der Waals surface area contributed by atoms with Crippen molar-refractivity contribution < 1.29 is 4.79 Å². The SMILES string of the molecule is NNc1cncc(C(=O)N2CCCCCC2)n1. The molecule has 6 nitrogen and oxygen atoms in total. The topological polar surface area (TPSA) is 84.1 Å². The van der Waals surface area contributed by atoms with E-state index in [1.807, 2.05) is 4.90 Å². The van der Waals surface area contributed by atoms with E-state index in [2.05, 4.69) is 15.4 Å².